The maximum absolute atomic E-state index is 10.8. The van der Waals surface area contributed by atoms with Crippen LogP contribution in [0.1, 0.15) is 39.2 Å². The van der Waals surface area contributed by atoms with E-state index < -0.39 is 12.2 Å². The Morgan fingerprint density at radius 1 is 1.37 bits per heavy atom. The minimum Gasteiger partial charge on any atom is -0.390 e. The molecule has 30 heavy (non-hydrogen) atoms. The van der Waals surface area contributed by atoms with Gasteiger partial charge in [-0.3, -0.25) is 5.41 Å². The number of rotatable bonds is 7. The van der Waals surface area contributed by atoms with Gasteiger partial charge in [-0.1, -0.05) is 18.7 Å². The number of anilines is 1. The van der Waals surface area contributed by atoms with Crippen LogP contribution in [0.15, 0.2) is 43.1 Å². The smallest absolute Gasteiger partial charge is 0.126 e. The van der Waals surface area contributed by atoms with Crippen molar-refractivity contribution in [1.82, 2.24) is 9.88 Å². The van der Waals surface area contributed by atoms with Crippen molar-refractivity contribution in [1.29, 1.82) is 5.41 Å². The summed E-state index contributed by atoms with van der Waals surface area (Å²) in [5.74, 6) is 1.40. The molecule has 2 aliphatic rings. The molecule has 4 rings (SSSR count). The number of aliphatic hydroxyl groups is 2. The number of hydrogen-bond acceptors (Lipinski definition) is 5. The van der Waals surface area contributed by atoms with Crippen LogP contribution in [0.5, 0.6) is 0 Å². The first kappa shape index (κ1) is 20.8. The molecule has 0 amide bonds. The zero-order chi connectivity index (χ0) is 21.6. The molecular formula is C24H32N4O2. The van der Waals surface area contributed by atoms with Crippen LogP contribution in [0, 0.1) is 16.7 Å². The summed E-state index contributed by atoms with van der Waals surface area (Å²) in [6, 6.07) is 10.5. The molecular weight excluding hydrogens is 376 g/mol. The van der Waals surface area contributed by atoms with E-state index in [-0.39, 0.29) is 17.4 Å². The van der Waals surface area contributed by atoms with Crippen molar-refractivity contribution in [3.8, 4) is 0 Å². The molecule has 6 heteroatoms. The van der Waals surface area contributed by atoms with Gasteiger partial charge in [-0.15, -0.1) is 0 Å². The molecule has 6 nitrogen and oxygen atoms in total. The van der Waals surface area contributed by atoms with Crippen molar-refractivity contribution >= 4 is 22.6 Å². The van der Waals surface area contributed by atoms with E-state index in [1.54, 1.807) is 18.0 Å². The predicted molar refractivity (Wildman–Crippen MR) is 121 cm³/mol. The highest BCUT2D eigenvalue weighted by molar-refractivity contribution is 5.81. The zero-order valence-electron chi connectivity index (χ0n) is 18.0. The number of aromatic nitrogens is 1. The van der Waals surface area contributed by atoms with Crippen molar-refractivity contribution in [3.63, 3.8) is 0 Å². The molecule has 2 saturated carbocycles. The van der Waals surface area contributed by atoms with E-state index in [1.807, 2.05) is 6.07 Å². The van der Waals surface area contributed by atoms with Crippen molar-refractivity contribution in [2.45, 2.75) is 64.3 Å². The maximum atomic E-state index is 10.8. The minimum atomic E-state index is -0.856. The Hall–Kier alpha value is -2.44. The number of hydrogen-bond donors (Lipinski definition) is 4. The molecule has 0 radical (unpaired) electrons. The van der Waals surface area contributed by atoms with Crippen LogP contribution in [0.3, 0.4) is 0 Å². The van der Waals surface area contributed by atoms with Gasteiger partial charge < -0.3 is 20.4 Å². The Balaban J connectivity index is 1.50. The highest BCUT2D eigenvalue weighted by atomic mass is 16.3. The van der Waals surface area contributed by atoms with Crippen LogP contribution in [-0.2, 0) is 6.42 Å². The number of nitrogens with zero attached hydrogens (tertiary/aromatic N) is 2. The van der Waals surface area contributed by atoms with Gasteiger partial charge in [0.05, 0.1) is 23.5 Å². The standard InChI is InChI=1S/C24H32N4O2/c1-5-28(15(4)25)21-18-13-24(18,23(30)22(21)29)11-10-16-6-7-17-8-9-20(26-14(2)3)27-19(17)12-16/h5-9,12,14,18,21-23,25,29-30H,1,10-11,13H2,2-4H3,(H,26,27)/t18-,21-,22+,23+,24+/m1/s1. The number of aryl methyl sites for hydroxylation is 1. The lowest BCUT2D eigenvalue weighted by atomic mass is 9.91. The van der Waals surface area contributed by atoms with Gasteiger partial charge in [0, 0.05) is 16.8 Å². The fourth-order valence-corrected chi connectivity index (χ4v) is 5.26. The molecule has 4 N–H and O–H groups in total. The fourth-order valence-electron chi connectivity index (χ4n) is 5.26. The summed E-state index contributed by atoms with van der Waals surface area (Å²) < 4.78 is 0. The maximum Gasteiger partial charge on any atom is 0.126 e. The van der Waals surface area contributed by atoms with Gasteiger partial charge in [0.25, 0.3) is 0 Å². The van der Waals surface area contributed by atoms with E-state index in [9.17, 15) is 10.2 Å². The van der Waals surface area contributed by atoms with Crippen molar-refractivity contribution < 1.29 is 10.2 Å². The van der Waals surface area contributed by atoms with E-state index >= 15 is 0 Å². The van der Waals surface area contributed by atoms with E-state index in [0.29, 0.717) is 11.9 Å². The molecule has 0 aliphatic heterocycles. The third kappa shape index (κ3) is 3.48. The quantitative estimate of drug-likeness (QED) is 0.415. The van der Waals surface area contributed by atoms with Gasteiger partial charge in [0.2, 0.25) is 0 Å². The van der Waals surface area contributed by atoms with E-state index in [2.05, 4.69) is 50.0 Å². The molecule has 1 heterocycles. The molecule has 0 unspecified atom stereocenters. The summed E-state index contributed by atoms with van der Waals surface area (Å²) in [5.41, 5.74) is 1.88. The molecule has 0 spiro atoms. The van der Waals surface area contributed by atoms with Crippen LogP contribution < -0.4 is 5.32 Å². The second kappa shape index (κ2) is 7.67. The van der Waals surface area contributed by atoms with Crippen molar-refractivity contribution in [2.24, 2.45) is 11.3 Å². The first-order valence-electron chi connectivity index (χ1n) is 10.8. The summed E-state index contributed by atoms with van der Waals surface area (Å²) >= 11 is 0. The van der Waals surface area contributed by atoms with Crippen molar-refractivity contribution in [3.05, 3.63) is 48.7 Å². The van der Waals surface area contributed by atoms with Gasteiger partial charge in [0.1, 0.15) is 11.9 Å². The number of benzene rings is 1. The molecule has 2 aromatic rings. The third-order valence-corrected chi connectivity index (χ3v) is 6.83. The number of nitrogens with one attached hydrogen (secondary N) is 2. The summed E-state index contributed by atoms with van der Waals surface area (Å²) in [7, 11) is 0. The Morgan fingerprint density at radius 2 is 2.10 bits per heavy atom. The Labute approximate surface area is 178 Å². The summed E-state index contributed by atoms with van der Waals surface area (Å²) in [6.45, 7) is 9.66. The molecule has 2 aliphatic carbocycles. The minimum absolute atomic E-state index is 0.182. The van der Waals surface area contributed by atoms with Crippen LogP contribution in [0.2, 0.25) is 0 Å². The second-order valence-corrected chi connectivity index (χ2v) is 9.17. The predicted octanol–water partition coefficient (Wildman–Crippen LogP) is 3.54. The average Bonchev–Trinajstić information content (AvgIpc) is 3.38. The SMILES string of the molecule is C=CN(C(C)=N)[C@H]1[C@H](O)[C@H](O)[C@@]2(CCc3ccc4ccc(NC(C)C)nc4c3)C[C@H]12. The lowest BCUT2D eigenvalue weighted by molar-refractivity contribution is -0.0218. The molecule has 160 valence electrons. The van der Waals surface area contributed by atoms with E-state index in [1.165, 1.54) is 5.56 Å². The number of fused-ring (bicyclic) bond motifs is 2. The number of pyridine rings is 1. The molecule has 2 fully saturated rings. The van der Waals surface area contributed by atoms with E-state index in [4.69, 9.17) is 10.4 Å². The van der Waals surface area contributed by atoms with E-state index in [0.717, 1.165) is 36.0 Å². The van der Waals surface area contributed by atoms with Gasteiger partial charge in [-0.2, -0.15) is 0 Å². The number of aliphatic hydroxyl groups excluding tert-OH is 2. The number of amidine groups is 1. The molecule has 1 aromatic carbocycles. The monoisotopic (exact) mass is 408 g/mol. The highest BCUT2D eigenvalue weighted by Crippen LogP contribution is 2.66. The van der Waals surface area contributed by atoms with Crippen molar-refractivity contribution in [2.75, 3.05) is 5.32 Å². The van der Waals surface area contributed by atoms with Crippen LogP contribution in [0.4, 0.5) is 5.82 Å². The first-order valence-corrected chi connectivity index (χ1v) is 10.8. The lowest BCUT2D eigenvalue weighted by Crippen LogP contribution is -2.45. The van der Waals surface area contributed by atoms with Gasteiger partial charge >= 0.3 is 0 Å². The normalized spacial score (nSPS) is 29.7. The summed E-state index contributed by atoms with van der Waals surface area (Å²) in [4.78, 5) is 6.44. The van der Waals surface area contributed by atoms with Gasteiger partial charge in [-0.25, -0.2) is 4.98 Å². The largest absolute Gasteiger partial charge is 0.390 e. The highest BCUT2D eigenvalue weighted by Gasteiger charge is 2.71. The van der Waals surface area contributed by atoms with Crippen LogP contribution in [-0.4, -0.2) is 50.2 Å². The fraction of sp³-hybridized carbons (Fsp3) is 0.500. The molecule has 0 bridgehead atoms. The summed E-state index contributed by atoms with van der Waals surface area (Å²) in [6.07, 6.45) is 2.48. The molecule has 5 atom stereocenters. The second-order valence-electron chi connectivity index (χ2n) is 9.17. The topological polar surface area (TPSA) is 92.5 Å². The van der Waals surface area contributed by atoms with Gasteiger partial charge in [0.15, 0.2) is 0 Å². The Kier molecular flexibility index (Phi) is 5.32. The van der Waals surface area contributed by atoms with Crippen LogP contribution >= 0.6 is 0 Å². The Bertz CT molecular complexity index is 975. The molecule has 0 saturated heterocycles. The Morgan fingerprint density at radius 3 is 2.77 bits per heavy atom. The third-order valence-electron chi connectivity index (χ3n) is 6.83. The lowest BCUT2D eigenvalue weighted by Gasteiger charge is -2.31. The van der Waals surface area contributed by atoms with Crippen LogP contribution in [0.25, 0.3) is 10.9 Å². The first-order chi connectivity index (χ1) is 14.3. The summed E-state index contributed by atoms with van der Waals surface area (Å²) in [5, 5.41) is 33.9. The zero-order valence-corrected chi connectivity index (χ0v) is 18.0. The van der Waals surface area contributed by atoms with Gasteiger partial charge in [-0.05, 0) is 75.9 Å². The average molecular weight is 409 g/mol. The molecule has 1 aromatic heterocycles.